The first kappa shape index (κ1) is 13.2. The van der Waals surface area contributed by atoms with E-state index < -0.39 is 0 Å². The largest absolute Gasteiger partial charge is 0.319 e. The molecule has 0 aliphatic carbocycles. The van der Waals surface area contributed by atoms with Gasteiger partial charge in [0.05, 0.1) is 5.01 Å². The minimum atomic E-state index is 0.501. The Morgan fingerprint density at radius 3 is 2.50 bits per heavy atom. The number of likely N-dealkylation sites (N-methyl/N-ethyl adjacent to an activating group) is 1. The first-order valence-corrected chi connectivity index (χ1v) is 7.19. The van der Waals surface area contributed by atoms with Crippen molar-refractivity contribution < 1.29 is 0 Å². The summed E-state index contributed by atoms with van der Waals surface area (Å²) in [5, 5.41) is 6.64. The number of nitrogens with zero attached hydrogens (tertiary/aromatic N) is 1. The van der Waals surface area contributed by atoms with Gasteiger partial charge in [-0.1, -0.05) is 29.8 Å². The molecule has 1 aromatic carbocycles. The quantitative estimate of drug-likeness (QED) is 0.892. The molecule has 1 atom stereocenters. The predicted molar refractivity (Wildman–Crippen MR) is 78.4 cm³/mol. The lowest BCUT2D eigenvalue weighted by molar-refractivity contribution is 0.623. The van der Waals surface area contributed by atoms with Crippen LogP contribution in [0.15, 0.2) is 29.6 Å². The van der Waals surface area contributed by atoms with Crippen molar-refractivity contribution in [3.63, 3.8) is 0 Å². The van der Waals surface area contributed by atoms with Crippen molar-refractivity contribution >= 4 is 11.3 Å². The van der Waals surface area contributed by atoms with Crippen LogP contribution in [-0.4, -0.2) is 18.6 Å². The molecular weight excluding hydrogens is 240 g/mol. The van der Waals surface area contributed by atoms with Crippen molar-refractivity contribution in [2.45, 2.75) is 26.2 Å². The molecule has 2 aromatic rings. The van der Waals surface area contributed by atoms with Crippen LogP contribution in [0.2, 0.25) is 0 Å². The molecule has 0 radical (unpaired) electrons. The van der Waals surface area contributed by atoms with E-state index in [0.717, 1.165) is 18.7 Å². The topological polar surface area (TPSA) is 24.9 Å². The number of thiazole rings is 1. The van der Waals surface area contributed by atoms with E-state index in [-0.39, 0.29) is 0 Å². The maximum Gasteiger partial charge on any atom is 0.0934 e. The van der Waals surface area contributed by atoms with Crippen LogP contribution in [-0.2, 0) is 6.42 Å². The SMILES string of the molecule is CNCC(Cc1nc(C)cs1)c1ccc(C)cc1. The minimum Gasteiger partial charge on any atom is -0.319 e. The normalized spacial score (nSPS) is 12.6. The number of aromatic nitrogens is 1. The lowest BCUT2D eigenvalue weighted by atomic mass is 9.95. The first-order chi connectivity index (χ1) is 8.69. The molecule has 1 N–H and O–H groups in total. The summed E-state index contributed by atoms with van der Waals surface area (Å²) < 4.78 is 0. The first-order valence-electron chi connectivity index (χ1n) is 6.31. The second-order valence-corrected chi connectivity index (χ2v) is 5.69. The number of benzene rings is 1. The third-order valence-corrected chi connectivity index (χ3v) is 4.08. The molecule has 0 saturated heterocycles. The van der Waals surface area contributed by atoms with Crippen LogP contribution in [0.4, 0.5) is 0 Å². The van der Waals surface area contributed by atoms with Crippen molar-refractivity contribution in [1.29, 1.82) is 0 Å². The van der Waals surface area contributed by atoms with Crippen LogP contribution in [0.25, 0.3) is 0 Å². The molecule has 0 saturated carbocycles. The van der Waals surface area contributed by atoms with Gasteiger partial charge in [-0.25, -0.2) is 4.98 Å². The van der Waals surface area contributed by atoms with E-state index in [4.69, 9.17) is 0 Å². The number of rotatable bonds is 5. The second kappa shape index (κ2) is 6.12. The van der Waals surface area contributed by atoms with Gasteiger partial charge < -0.3 is 5.32 Å². The van der Waals surface area contributed by atoms with E-state index in [9.17, 15) is 0 Å². The molecule has 96 valence electrons. The molecule has 1 heterocycles. The molecule has 1 unspecified atom stereocenters. The molecule has 0 bridgehead atoms. The number of nitrogens with one attached hydrogen (secondary N) is 1. The highest BCUT2D eigenvalue weighted by Crippen LogP contribution is 2.22. The van der Waals surface area contributed by atoms with E-state index in [1.165, 1.54) is 16.1 Å². The zero-order valence-corrected chi connectivity index (χ0v) is 12.1. The summed E-state index contributed by atoms with van der Waals surface area (Å²) in [7, 11) is 2.01. The Morgan fingerprint density at radius 1 is 1.22 bits per heavy atom. The zero-order valence-electron chi connectivity index (χ0n) is 11.2. The molecule has 0 spiro atoms. The lowest BCUT2D eigenvalue weighted by Gasteiger charge is -2.16. The Kier molecular flexibility index (Phi) is 4.50. The van der Waals surface area contributed by atoms with Gasteiger partial charge in [0.1, 0.15) is 0 Å². The number of aryl methyl sites for hydroxylation is 2. The maximum atomic E-state index is 4.57. The molecule has 2 rings (SSSR count). The van der Waals surface area contributed by atoms with E-state index >= 15 is 0 Å². The van der Waals surface area contributed by atoms with E-state index in [1.807, 2.05) is 7.05 Å². The van der Waals surface area contributed by atoms with Gasteiger partial charge in [-0.2, -0.15) is 0 Å². The zero-order chi connectivity index (χ0) is 13.0. The molecule has 1 aromatic heterocycles. The predicted octanol–water partition coefficient (Wildman–Crippen LogP) is 3.31. The summed E-state index contributed by atoms with van der Waals surface area (Å²) in [6.45, 7) is 5.17. The second-order valence-electron chi connectivity index (χ2n) is 4.75. The molecule has 3 heteroatoms. The van der Waals surface area contributed by atoms with Crippen molar-refractivity contribution in [3.8, 4) is 0 Å². The third kappa shape index (κ3) is 3.40. The summed E-state index contributed by atoms with van der Waals surface area (Å²) in [5.74, 6) is 0.501. The molecule has 18 heavy (non-hydrogen) atoms. The Morgan fingerprint density at radius 2 is 1.94 bits per heavy atom. The summed E-state index contributed by atoms with van der Waals surface area (Å²) >= 11 is 1.76. The number of hydrogen-bond donors (Lipinski definition) is 1. The van der Waals surface area contributed by atoms with Crippen LogP contribution < -0.4 is 5.32 Å². The molecule has 2 nitrogen and oxygen atoms in total. The highest BCUT2D eigenvalue weighted by molar-refractivity contribution is 7.09. The van der Waals surface area contributed by atoms with E-state index in [0.29, 0.717) is 5.92 Å². The fourth-order valence-corrected chi connectivity index (χ4v) is 2.95. The van der Waals surface area contributed by atoms with Crippen LogP contribution in [0.1, 0.15) is 27.7 Å². The lowest BCUT2D eigenvalue weighted by Crippen LogP contribution is -2.19. The smallest absolute Gasteiger partial charge is 0.0934 e. The average Bonchev–Trinajstić information content (AvgIpc) is 2.75. The molecular formula is C15H20N2S. The van der Waals surface area contributed by atoms with Gasteiger partial charge in [-0.05, 0) is 26.5 Å². The third-order valence-electron chi connectivity index (χ3n) is 3.09. The van der Waals surface area contributed by atoms with Gasteiger partial charge in [0, 0.05) is 30.0 Å². The van der Waals surface area contributed by atoms with Crippen LogP contribution in [0.3, 0.4) is 0 Å². The van der Waals surface area contributed by atoms with Crippen LogP contribution in [0.5, 0.6) is 0 Å². The van der Waals surface area contributed by atoms with Gasteiger partial charge in [-0.3, -0.25) is 0 Å². The Bertz CT molecular complexity index is 487. The molecule has 0 fully saturated rings. The van der Waals surface area contributed by atoms with E-state index in [2.05, 4.69) is 53.8 Å². The van der Waals surface area contributed by atoms with Crippen LogP contribution in [0, 0.1) is 13.8 Å². The van der Waals surface area contributed by atoms with Crippen molar-refractivity contribution in [3.05, 3.63) is 51.5 Å². The van der Waals surface area contributed by atoms with Crippen LogP contribution >= 0.6 is 11.3 Å². The Labute approximate surface area is 113 Å². The van der Waals surface area contributed by atoms with Gasteiger partial charge >= 0.3 is 0 Å². The fourth-order valence-electron chi connectivity index (χ4n) is 2.10. The standard InChI is InChI=1S/C15H20N2S/c1-11-4-6-13(7-5-11)14(9-16-3)8-15-17-12(2)10-18-15/h4-7,10,14,16H,8-9H2,1-3H3. The molecule has 0 aliphatic heterocycles. The summed E-state index contributed by atoms with van der Waals surface area (Å²) in [5.41, 5.74) is 3.83. The summed E-state index contributed by atoms with van der Waals surface area (Å²) in [4.78, 5) is 4.57. The average molecular weight is 260 g/mol. The van der Waals surface area contributed by atoms with Crippen molar-refractivity contribution in [1.82, 2.24) is 10.3 Å². The molecule has 0 amide bonds. The number of hydrogen-bond acceptors (Lipinski definition) is 3. The molecule has 0 aliphatic rings. The fraction of sp³-hybridized carbons (Fsp3) is 0.400. The van der Waals surface area contributed by atoms with Gasteiger partial charge in [0.15, 0.2) is 0 Å². The summed E-state index contributed by atoms with van der Waals surface area (Å²) in [6, 6.07) is 8.84. The van der Waals surface area contributed by atoms with E-state index in [1.54, 1.807) is 11.3 Å². The van der Waals surface area contributed by atoms with Crippen molar-refractivity contribution in [2.75, 3.05) is 13.6 Å². The Balaban J connectivity index is 2.14. The van der Waals surface area contributed by atoms with Gasteiger partial charge in [-0.15, -0.1) is 11.3 Å². The monoisotopic (exact) mass is 260 g/mol. The van der Waals surface area contributed by atoms with Gasteiger partial charge in [0.25, 0.3) is 0 Å². The maximum absolute atomic E-state index is 4.57. The summed E-state index contributed by atoms with van der Waals surface area (Å²) in [6.07, 6.45) is 1.02. The highest BCUT2D eigenvalue weighted by Gasteiger charge is 2.13. The minimum absolute atomic E-state index is 0.501. The Hall–Kier alpha value is -1.19. The van der Waals surface area contributed by atoms with Crippen molar-refractivity contribution in [2.24, 2.45) is 0 Å². The van der Waals surface area contributed by atoms with Gasteiger partial charge in [0.2, 0.25) is 0 Å². The highest BCUT2D eigenvalue weighted by atomic mass is 32.1.